The lowest BCUT2D eigenvalue weighted by atomic mass is 9.94. The number of carbonyl (C=O) groups excluding carboxylic acids is 1. The van der Waals surface area contributed by atoms with Crippen LogP contribution in [0.3, 0.4) is 0 Å². The summed E-state index contributed by atoms with van der Waals surface area (Å²) in [6.45, 7) is 1.79. The van der Waals surface area contributed by atoms with E-state index in [-0.39, 0.29) is 11.5 Å². The molecule has 0 saturated heterocycles. The molecule has 1 atom stereocenters. The Labute approximate surface area is 172 Å². The molecule has 1 aliphatic heterocycles. The summed E-state index contributed by atoms with van der Waals surface area (Å²) in [6.07, 6.45) is 1.40. The molecule has 2 heterocycles. The van der Waals surface area contributed by atoms with Crippen LogP contribution in [0.4, 0.5) is 11.6 Å². The normalized spacial score (nSPS) is 15.2. The van der Waals surface area contributed by atoms with Crippen molar-refractivity contribution >= 4 is 23.5 Å². The zero-order valence-electron chi connectivity index (χ0n) is 16.3. The molecule has 9 heteroatoms. The summed E-state index contributed by atoms with van der Waals surface area (Å²) >= 11 is 0. The number of hydrogen-bond acceptors (Lipinski definition) is 6. The molecule has 3 N–H and O–H groups in total. The van der Waals surface area contributed by atoms with Crippen LogP contribution in [0, 0.1) is 0 Å². The van der Waals surface area contributed by atoms with Crippen molar-refractivity contribution in [1.82, 2.24) is 14.8 Å². The highest BCUT2D eigenvalue weighted by Gasteiger charge is 2.33. The Morgan fingerprint density at radius 2 is 1.90 bits per heavy atom. The third kappa shape index (κ3) is 3.37. The van der Waals surface area contributed by atoms with Crippen molar-refractivity contribution in [2.75, 3.05) is 17.7 Å². The third-order valence-corrected chi connectivity index (χ3v) is 4.87. The molecule has 0 aliphatic carbocycles. The molecule has 1 amide bonds. The van der Waals surface area contributed by atoms with E-state index in [0.29, 0.717) is 34.2 Å². The molecule has 1 aromatic heterocycles. The number of carbonyl (C=O) groups is 2. The van der Waals surface area contributed by atoms with Crippen molar-refractivity contribution in [3.63, 3.8) is 0 Å². The van der Waals surface area contributed by atoms with Crippen molar-refractivity contribution in [2.24, 2.45) is 0 Å². The van der Waals surface area contributed by atoms with Crippen molar-refractivity contribution in [3.8, 4) is 5.75 Å². The van der Waals surface area contributed by atoms with Gasteiger partial charge < -0.3 is 20.5 Å². The second kappa shape index (κ2) is 7.70. The maximum Gasteiger partial charge on any atom is 0.335 e. The topological polar surface area (TPSA) is 118 Å². The van der Waals surface area contributed by atoms with Crippen LogP contribution in [-0.4, -0.2) is 38.9 Å². The fraction of sp³-hybridized carbons (Fsp3) is 0.143. The SMILES string of the molecule is COc1ccccc1NC(=O)C1=C(C)Nc2ncnn2[C@H]1c1ccc(C(=O)O)cc1. The summed E-state index contributed by atoms with van der Waals surface area (Å²) in [7, 11) is 1.53. The van der Waals surface area contributed by atoms with Crippen LogP contribution in [0.2, 0.25) is 0 Å². The molecule has 0 spiro atoms. The number of hydrogen-bond donors (Lipinski definition) is 3. The van der Waals surface area contributed by atoms with Gasteiger partial charge in [-0.3, -0.25) is 4.79 Å². The number of nitrogens with one attached hydrogen (secondary N) is 2. The van der Waals surface area contributed by atoms with E-state index in [2.05, 4.69) is 20.7 Å². The maximum absolute atomic E-state index is 13.3. The predicted octanol–water partition coefficient (Wildman–Crippen LogP) is 2.91. The number of nitrogens with zero attached hydrogens (tertiary/aromatic N) is 3. The van der Waals surface area contributed by atoms with Gasteiger partial charge in [0.05, 0.1) is 23.9 Å². The largest absolute Gasteiger partial charge is 0.495 e. The van der Waals surface area contributed by atoms with Gasteiger partial charge in [0.15, 0.2) is 0 Å². The molecule has 0 fully saturated rings. The molecule has 1 aliphatic rings. The van der Waals surface area contributed by atoms with E-state index >= 15 is 0 Å². The van der Waals surface area contributed by atoms with Gasteiger partial charge in [-0.1, -0.05) is 24.3 Å². The number of carboxylic acid groups (broad SMARTS) is 1. The highest BCUT2D eigenvalue weighted by molar-refractivity contribution is 6.06. The number of benzene rings is 2. The molecule has 0 unspecified atom stereocenters. The van der Waals surface area contributed by atoms with E-state index in [9.17, 15) is 14.7 Å². The molecule has 0 radical (unpaired) electrons. The second-order valence-corrected chi connectivity index (χ2v) is 6.68. The fourth-order valence-corrected chi connectivity index (χ4v) is 3.44. The number of rotatable bonds is 5. The minimum absolute atomic E-state index is 0.159. The Hall–Kier alpha value is -4.14. The molecule has 3 aromatic rings. The van der Waals surface area contributed by atoms with Gasteiger partial charge in [0.1, 0.15) is 18.1 Å². The molecule has 152 valence electrons. The molecule has 30 heavy (non-hydrogen) atoms. The number of allylic oxidation sites excluding steroid dienone is 1. The standard InChI is InChI=1S/C21H19N5O4/c1-12-17(19(27)25-15-5-3-4-6-16(15)30-2)18(26-21(24-12)22-11-23-26)13-7-9-14(10-8-13)20(28)29/h3-11,18H,1-2H3,(H,25,27)(H,28,29)(H,22,23,24)/t18-/m0/s1. The van der Waals surface area contributed by atoms with Crippen molar-refractivity contribution in [1.29, 1.82) is 0 Å². The van der Waals surface area contributed by atoms with Crippen molar-refractivity contribution in [2.45, 2.75) is 13.0 Å². The molecule has 9 nitrogen and oxygen atoms in total. The number of anilines is 2. The first-order valence-electron chi connectivity index (χ1n) is 9.14. The van der Waals surface area contributed by atoms with E-state index < -0.39 is 12.0 Å². The van der Waals surface area contributed by atoms with E-state index in [1.165, 1.54) is 25.6 Å². The van der Waals surface area contributed by atoms with Gasteiger partial charge in [-0.25, -0.2) is 9.48 Å². The second-order valence-electron chi connectivity index (χ2n) is 6.68. The molecule has 2 aromatic carbocycles. The first-order valence-corrected chi connectivity index (χ1v) is 9.14. The minimum atomic E-state index is -1.02. The Kier molecular flexibility index (Phi) is 4.93. The van der Waals surface area contributed by atoms with Crippen LogP contribution < -0.4 is 15.4 Å². The lowest BCUT2D eigenvalue weighted by Crippen LogP contribution is -2.31. The van der Waals surface area contributed by atoms with Gasteiger partial charge in [0.2, 0.25) is 5.95 Å². The van der Waals surface area contributed by atoms with E-state index in [1.54, 1.807) is 41.9 Å². The summed E-state index contributed by atoms with van der Waals surface area (Å²) in [5.74, 6) is -0.322. The Morgan fingerprint density at radius 1 is 1.17 bits per heavy atom. The molecule has 4 rings (SSSR count). The summed E-state index contributed by atoms with van der Waals surface area (Å²) in [5, 5.41) is 19.4. The first-order chi connectivity index (χ1) is 14.5. The maximum atomic E-state index is 13.3. The monoisotopic (exact) mass is 405 g/mol. The Morgan fingerprint density at radius 3 is 2.60 bits per heavy atom. The predicted molar refractivity (Wildman–Crippen MR) is 110 cm³/mol. The van der Waals surface area contributed by atoms with Crippen LogP contribution in [0.5, 0.6) is 5.75 Å². The zero-order chi connectivity index (χ0) is 21.3. The number of methoxy groups -OCH3 is 1. The summed E-state index contributed by atoms with van der Waals surface area (Å²) in [4.78, 5) is 28.7. The number of aromatic nitrogens is 3. The van der Waals surface area contributed by atoms with Crippen molar-refractivity contribution in [3.05, 3.63) is 77.3 Å². The minimum Gasteiger partial charge on any atom is -0.495 e. The smallest absolute Gasteiger partial charge is 0.335 e. The first kappa shape index (κ1) is 19.2. The number of amides is 1. The molecular formula is C21H19N5O4. The highest BCUT2D eigenvalue weighted by atomic mass is 16.5. The van der Waals surface area contributed by atoms with Crippen LogP contribution in [0.1, 0.15) is 28.9 Å². The molecule has 0 saturated carbocycles. The van der Waals surface area contributed by atoms with Crippen LogP contribution in [-0.2, 0) is 4.79 Å². The number of carboxylic acids is 1. The highest BCUT2D eigenvalue weighted by Crippen LogP contribution is 2.36. The average Bonchev–Trinajstić information content (AvgIpc) is 3.21. The van der Waals surface area contributed by atoms with Crippen LogP contribution >= 0.6 is 0 Å². The zero-order valence-corrected chi connectivity index (χ0v) is 16.3. The Balaban J connectivity index is 1.75. The lowest BCUT2D eigenvalue weighted by Gasteiger charge is -2.29. The lowest BCUT2D eigenvalue weighted by molar-refractivity contribution is -0.113. The van der Waals surface area contributed by atoms with Gasteiger partial charge >= 0.3 is 5.97 Å². The summed E-state index contributed by atoms with van der Waals surface area (Å²) in [5.41, 5.74) is 2.46. The average molecular weight is 405 g/mol. The van der Waals surface area contributed by atoms with Gasteiger partial charge in [-0.05, 0) is 36.8 Å². The number of para-hydroxylation sites is 2. The van der Waals surface area contributed by atoms with E-state index in [4.69, 9.17) is 4.74 Å². The van der Waals surface area contributed by atoms with Crippen LogP contribution in [0.15, 0.2) is 66.1 Å². The van der Waals surface area contributed by atoms with Gasteiger partial charge in [0, 0.05) is 5.70 Å². The fourth-order valence-electron chi connectivity index (χ4n) is 3.44. The third-order valence-electron chi connectivity index (χ3n) is 4.87. The quantitative estimate of drug-likeness (QED) is 0.597. The summed E-state index contributed by atoms with van der Waals surface area (Å²) in [6, 6.07) is 12.9. The van der Waals surface area contributed by atoms with Crippen LogP contribution in [0.25, 0.3) is 0 Å². The van der Waals surface area contributed by atoms with Crippen molar-refractivity contribution < 1.29 is 19.4 Å². The number of fused-ring (bicyclic) bond motifs is 1. The van der Waals surface area contributed by atoms with E-state index in [1.807, 2.05) is 6.07 Å². The Bertz CT molecular complexity index is 1150. The van der Waals surface area contributed by atoms with Gasteiger partial charge in [-0.2, -0.15) is 10.1 Å². The molecular weight excluding hydrogens is 386 g/mol. The number of ether oxygens (including phenoxy) is 1. The van der Waals surface area contributed by atoms with Gasteiger partial charge in [0.25, 0.3) is 5.91 Å². The summed E-state index contributed by atoms with van der Waals surface area (Å²) < 4.78 is 6.92. The molecule has 0 bridgehead atoms. The van der Waals surface area contributed by atoms with E-state index in [0.717, 1.165) is 0 Å². The number of aromatic carboxylic acids is 1. The van der Waals surface area contributed by atoms with Gasteiger partial charge in [-0.15, -0.1) is 0 Å².